The van der Waals surface area contributed by atoms with E-state index in [-0.39, 0.29) is 36.3 Å². The first-order valence-electron chi connectivity index (χ1n) is 13.5. The Morgan fingerprint density at radius 3 is 2.84 bits per heavy atom. The lowest BCUT2D eigenvalue weighted by Crippen LogP contribution is -2.36. The van der Waals surface area contributed by atoms with Gasteiger partial charge in [0.25, 0.3) is 5.91 Å². The molecule has 3 aliphatic carbocycles. The first kappa shape index (κ1) is 23.3. The zero-order chi connectivity index (χ0) is 25.9. The number of aromatic amines is 1. The minimum atomic E-state index is -0.467. The van der Waals surface area contributed by atoms with Crippen molar-refractivity contribution in [3.05, 3.63) is 24.0 Å². The first-order valence-corrected chi connectivity index (χ1v) is 13.5. The highest BCUT2D eigenvalue weighted by molar-refractivity contribution is 5.91. The molecule has 4 fully saturated rings. The van der Waals surface area contributed by atoms with Crippen molar-refractivity contribution < 1.29 is 9.53 Å². The van der Waals surface area contributed by atoms with Gasteiger partial charge in [0.1, 0.15) is 12.9 Å². The number of hydrogen-bond donors (Lipinski definition) is 2. The van der Waals surface area contributed by atoms with Gasteiger partial charge in [0.2, 0.25) is 11.8 Å². The second kappa shape index (κ2) is 8.58. The molecule has 196 valence electrons. The molecule has 3 aromatic rings. The minimum absolute atomic E-state index is 0.0707. The summed E-state index contributed by atoms with van der Waals surface area (Å²) in [4.78, 5) is 37.1. The number of fused-ring (bicyclic) bond motifs is 1. The van der Waals surface area contributed by atoms with Crippen LogP contribution in [0.1, 0.15) is 74.1 Å². The standard InChI is InChI=1S/C26H30N10O2/c1-2-16-9-26(16)10-18(26)30-22(37)21-31-23(33-24(32-21)38-13-25(12-27)5-6-25)36-7-3-15(4-8-36)19-17-11-28-14-29-20(17)35-34-19/h11,14-16,18H,2-10,13H2,1H3,(H,30,37)(H,28,29,34,35). The van der Waals surface area contributed by atoms with Crippen molar-refractivity contribution in [2.75, 3.05) is 24.6 Å². The monoisotopic (exact) mass is 514 g/mol. The van der Waals surface area contributed by atoms with E-state index in [9.17, 15) is 10.1 Å². The Morgan fingerprint density at radius 1 is 1.26 bits per heavy atom. The van der Waals surface area contributed by atoms with Crippen LogP contribution in [-0.4, -0.2) is 66.8 Å². The van der Waals surface area contributed by atoms with E-state index in [0.29, 0.717) is 36.0 Å². The van der Waals surface area contributed by atoms with Crippen LogP contribution in [-0.2, 0) is 0 Å². The van der Waals surface area contributed by atoms with Gasteiger partial charge < -0.3 is 15.0 Å². The number of amides is 1. The molecule has 3 saturated carbocycles. The number of ether oxygens (including phenoxy) is 1. The number of nitrogens with zero attached hydrogens (tertiary/aromatic N) is 8. The van der Waals surface area contributed by atoms with Crippen LogP contribution >= 0.6 is 0 Å². The topological polar surface area (TPSA) is 158 Å². The van der Waals surface area contributed by atoms with Crippen LogP contribution in [0.3, 0.4) is 0 Å². The summed E-state index contributed by atoms with van der Waals surface area (Å²) in [5.41, 5.74) is 1.56. The number of anilines is 1. The fourth-order valence-electron chi connectivity index (χ4n) is 6.12. The Labute approximate surface area is 219 Å². The van der Waals surface area contributed by atoms with Crippen molar-refractivity contribution in [1.82, 2.24) is 40.4 Å². The molecule has 0 bridgehead atoms. The SMILES string of the molecule is CCC1CC12CC2NC(=O)c1nc(OCC2(C#N)CC2)nc(N2CCC(c3[nH]nc4ncncc34)CC2)n1. The molecule has 3 unspecified atom stereocenters. The maximum atomic E-state index is 13.2. The fourth-order valence-corrected chi connectivity index (χ4v) is 6.12. The third-order valence-corrected chi connectivity index (χ3v) is 9.02. The highest BCUT2D eigenvalue weighted by Crippen LogP contribution is 2.71. The summed E-state index contributed by atoms with van der Waals surface area (Å²) < 4.78 is 5.86. The fraction of sp³-hybridized carbons (Fsp3) is 0.615. The van der Waals surface area contributed by atoms with Gasteiger partial charge in [-0.1, -0.05) is 13.3 Å². The molecule has 1 aliphatic heterocycles. The zero-order valence-electron chi connectivity index (χ0n) is 21.4. The number of nitrogens with one attached hydrogen (secondary N) is 2. The molecule has 1 saturated heterocycles. The Balaban J connectivity index is 1.08. The summed E-state index contributed by atoms with van der Waals surface area (Å²) in [6, 6.07) is 2.62. The third kappa shape index (κ3) is 4.01. The smallest absolute Gasteiger partial charge is 0.322 e. The van der Waals surface area contributed by atoms with Gasteiger partial charge in [-0.15, -0.1) is 0 Å². The molecule has 0 radical (unpaired) electrons. The number of H-pyrrole nitrogens is 1. The molecule has 0 aromatic carbocycles. The summed E-state index contributed by atoms with van der Waals surface area (Å²) >= 11 is 0. The van der Waals surface area contributed by atoms with Crippen LogP contribution in [0.5, 0.6) is 6.01 Å². The number of rotatable bonds is 8. The Hall–Kier alpha value is -3.88. The van der Waals surface area contributed by atoms with E-state index in [0.717, 1.165) is 49.6 Å². The Morgan fingerprint density at radius 2 is 2.11 bits per heavy atom. The normalized spacial score (nSPS) is 27.2. The van der Waals surface area contributed by atoms with E-state index in [1.807, 2.05) is 0 Å². The van der Waals surface area contributed by atoms with Gasteiger partial charge in [0.15, 0.2) is 5.65 Å². The molecular formula is C26H30N10O2. The van der Waals surface area contributed by atoms with Gasteiger partial charge in [-0.25, -0.2) is 9.97 Å². The van der Waals surface area contributed by atoms with Crippen molar-refractivity contribution in [1.29, 1.82) is 5.26 Å². The molecular weight excluding hydrogens is 484 g/mol. The van der Waals surface area contributed by atoms with Crippen molar-refractivity contribution in [3.8, 4) is 12.1 Å². The number of aromatic nitrogens is 7. The third-order valence-electron chi connectivity index (χ3n) is 9.02. The average Bonchev–Trinajstić information content (AvgIpc) is 3.92. The lowest BCUT2D eigenvalue weighted by atomic mass is 9.92. The second-order valence-electron chi connectivity index (χ2n) is 11.4. The van der Waals surface area contributed by atoms with Crippen LogP contribution in [0.25, 0.3) is 11.0 Å². The number of carbonyl (C=O) groups is 1. The highest BCUT2D eigenvalue weighted by Gasteiger charge is 2.69. The van der Waals surface area contributed by atoms with Gasteiger partial charge in [0, 0.05) is 36.9 Å². The number of carbonyl (C=O) groups excluding carboxylic acids is 1. The minimum Gasteiger partial charge on any atom is -0.462 e. The van der Waals surface area contributed by atoms with Gasteiger partial charge in [0.05, 0.1) is 16.9 Å². The van der Waals surface area contributed by atoms with Crippen molar-refractivity contribution >= 4 is 22.9 Å². The van der Waals surface area contributed by atoms with Gasteiger partial charge >= 0.3 is 6.01 Å². The molecule has 4 heterocycles. The van der Waals surface area contributed by atoms with Crippen LogP contribution in [0, 0.1) is 28.1 Å². The number of nitriles is 1. The molecule has 12 heteroatoms. The predicted molar refractivity (Wildman–Crippen MR) is 135 cm³/mol. The molecule has 1 spiro atoms. The van der Waals surface area contributed by atoms with Crippen LogP contribution < -0.4 is 15.0 Å². The molecule has 3 atom stereocenters. The van der Waals surface area contributed by atoms with Gasteiger partial charge in [-0.2, -0.15) is 25.3 Å². The second-order valence-corrected chi connectivity index (χ2v) is 11.4. The maximum Gasteiger partial charge on any atom is 0.322 e. The van der Waals surface area contributed by atoms with Gasteiger partial charge in [-0.3, -0.25) is 9.89 Å². The Bertz CT molecular complexity index is 1440. The van der Waals surface area contributed by atoms with E-state index in [2.05, 4.69) is 58.3 Å². The number of hydrogen-bond acceptors (Lipinski definition) is 10. The van der Waals surface area contributed by atoms with Crippen molar-refractivity contribution in [2.45, 2.75) is 63.8 Å². The van der Waals surface area contributed by atoms with E-state index in [1.165, 1.54) is 12.7 Å². The molecule has 38 heavy (non-hydrogen) atoms. The maximum absolute atomic E-state index is 13.2. The van der Waals surface area contributed by atoms with Crippen LogP contribution in [0.4, 0.5) is 5.95 Å². The summed E-state index contributed by atoms with van der Waals surface area (Å²) in [7, 11) is 0. The lowest BCUT2D eigenvalue weighted by molar-refractivity contribution is 0.0935. The molecule has 12 nitrogen and oxygen atoms in total. The van der Waals surface area contributed by atoms with E-state index < -0.39 is 5.41 Å². The first-order chi connectivity index (χ1) is 18.5. The summed E-state index contributed by atoms with van der Waals surface area (Å²) in [5.74, 6) is 1.20. The van der Waals surface area contributed by atoms with E-state index >= 15 is 0 Å². The molecule has 7 rings (SSSR count). The number of piperidine rings is 1. The lowest BCUT2D eigenvalue weighted by Gasteiger charge is -2.31. The van der Waals surface area contributed by atoms with Crippen LogP contribution in [0.15, 0.2) is 12.5 Å². The summed E-state index contributed by atoms with van der Waals surface area (Å²) in [5, 5.41) is 21.0. The molecule has 1 amide bonds. The van der Waals surface area contributed by atoms with Gasteiger partial charge in [-0.05, 0) is 49.9 Å². The highest BCUT2D eigenvalue weighted by atomic mass is 16.5. The van der Waals surface area contributed by atoms with E-state index in [1.54, 1.807) is 6.20 Å². The van der Waals surface area contributed by atoms with Crippen molar-refractivity contribution in [2.24, 2.45) is 16.7 Å². The summed E-state index contributed by atoms with van der Waals surface area (Å²) in [6.07, 6.45) is 10.00. The molecule has 4 aliphatic rings. The van der Waals surface area contributed by atoms with E-state index in [4.69, 9.17) is 4.74 Å². The zero-order valence-corrected chi connectivity index (χ0v) is 21.4. The quantitative estimate of drug-likeness (QED) is 0.457. The predicted octanol–water partition coefficient (Wildman–Crippen LogP) is 2.52. The largest absolute Gasteiger partial charge is 0.462 e. The van der Waals surface area contributed by atoms with Crippen molar-refractivity contribution in [3.63, 3.8) is 0 Å². The Kier molecular flexibility index (Phi) is 5.25. The summed E-state index contributed by atoms with van der Waals surface area (Å²) in [6.45, 7) is 3.83. The average molecular weight is 515 g/mol. The molecule has 3 aromatic heterocycles. The van der Waals surface area contributed by atoms with Crippen LogP contribution in [0.2, 0.25) is 0 Å². The molecule has 2 N–H and O–H groups in total.